The van der Waals surface area contributed by atoms with Crippen LogP contribution in [-0.2, 0) is 4.74 Å². The third-order valence-corrected chi connectivity index (χ3v) is 2.36. The van der Waals surface area contributed by atoms with E-state index < -0.39 is 5.97 Å². The van der Waals surface area contributed by atoms with Gasteiger partial charge in [0.25, 0.3) is 0 Å². The van der Waals surface area contributed by atoms with Crippen molar-refractivity contribution in [3.8, 4) is 0 Å². The first-order valence-corrected chi connectivity index (χ1v) is 3.99. The minimum atomic E-state index is -0.396. The Labute approximate surface area is 73.5 Å². The van der Waals surface area contributed by atoms with E-state index in [1.165, 1.54) is 7.11 Å². The highest BCUT2D eigenvalue weighted by Crippen LogP contribution is 2.16. The van der Waals surface area contributed by atoms with E-state index in [1.54, 1.807) is 12.1 Å². The molecule has 1 rings (SSSR count). The van der Waals surface area contributed by atoms with E-state index >= 15 is 0 Å². The smallest absolute Gasteiger partial charge is 0.348 e. The van der Waals surface area contributed by atoms with Gasteiger partial charge in [0.2, 0.25) is 0 Å². The van der Waals surface area contributed by atoms with Gasteiger partial charge in [-0.05, 0) is 12.1 Å². The molecule has 1 heterocycles. The molecule has 3 N–H and O–H groups in total. The van der Waals surface area contributed by atoms with Crippen LogP contribution in [0.4, 0.5) is 0 Å². The van der Waals surface area contributed by atoms with Crippen LogP contribution in [0.25, 0.3) is 0 Å². The van der Waals surface area contributed by atoms with Crippen molar-refractivity contribution in [2.45, 2.75) is 0 Å². The van der Waals surface area contributed by atoms with Gasteiger partial charge < -0.3 is 10.5 Å². The fourth-order valence-electron chi connectivity index (χ4n) is 0.693. The van der Waals surface area contributed by atoms with Gasteiger partial charge in [0, 0.05) is 0 Å². The van der Waals surface area contributed by atoms with Gasteiger partial charge in [-0.3, -0.25) is 5.41 Å². The van der Waals surface area contributed by atoms with Crippen LogP contribution in [0.15, 0.2) is 12.1 Å². The van der Waals surface area contributed by atoms with Gasteiger partial charge in [-0.2, -0.15) is 0 Å². The number of nitrogens with one attached hydrogen (secondary N) is 1. The molecule has 1 aromatic rings. The molecule has 0 atom stereocenters. The molecule has 0 aromatic carbocycles. The number of esters is 1. The lowest BCUT2D eigenvalue weighted by molar-refractivity contribution is 0.0606. The highest BCUT2D eigenvalue weighted by atomic mass is 32.1. The number of rotatable bonds is 2. The molecule has 0 saturated heterocycles. The van der Waals surface area contributed by atoms with E-state index in [1.807, 2.05) is 0 Å². The monoisotopic (exact) mass is 184 g/mol. The maximum Gasteiger partial charge on any atom is 0.348 e. The first-order chi connectivity index (χ1) is 5.65. The van der Waals surface area contributed by atoms with Crippen molar-refractivity contribution >= 4 is 23.1 Å². The molecule has 0 bridgehead atoms. The van der Waals surface area contributed by atoms with Crippen LogP contribution >= 0.6 is 11.3 Å². The van der Waals surface area contributed by atoms with Gasteiger partial charge in [-0.15, -0.1) is 11.3 Å². The Morgan fingerprint density at radius 2 is 2.17 bits per heavy atom. The van der Waals surface area contributed by atoms with E-state index in [9.17, 15) is 4.79 Å². The van der Waals surface area contributed by atoms with Gasteiger partial charge in [0.05, 0.1) is 12.0 Å². The van der Waals surface area contributed by atoms with E-state index in [4.69, 9.17) is 11.1 Å². The number of methoxy groups -OCH3 is 1. The normalized spacial score (nSPS) is 9.42. The zero-order valence-electron chi connectivity index (χ0n) is 6.46. The number of hydrogen-bond donors (Lipinski definition) is 2. The van der Waals surface area contributed by atoms with Crippen molar-refractivity contribution < 1.29 is 9.53 Å². The maximum absolute atomic E-state index is 10.9. The van der Waals surface area contributed by atoms with Crippen LogP contribution in [0.2, 0.25) is 0 Å². The number of ether oxygens (including phenoxy) is 1. The van der Waals surface area contributed by atoms with Crippen LogP contribution in [0, 0.1) is 5.41 Å². The molecule has 0 aliphatic carbocycles. The first kappa shape index (κ1) is 8.73. The second-order valence-corrected chi connectivity index (χ2v) is 3.15. The molecule has 0 fully saturated rings. The predicted octanol–water partition coefficient (Wildman–Crippen LogP) is 0.819. The summed E-state index contributed by atoms with van der Waals surface area (Å²) in [7, 11) is 1.31. The number of amidine groups is 1. The molecule has 0 unspecified atom stereocenters. The van der Waals surface area contributed by atoms with Gasteiger partial charge in [0.15, 0.2) is 0 Å². The topological polar surface area (TPSA) is 76.2 Å². The van der Waals surface area contributed by atoms with Gasteiger partial charge in [0.1, 0.15) is 10.7 Å². The quantitative estimate of drug-likeness (QED) is 0.406. The second-order valence-electron chi connectivity index (χ2n) is 2.07. The summed E-state index contributed by atoms with van der Waals surface area (Å²) in [6.45, 7) is 0. The second kappa shape index (κ2) is 3.36. The SMILES string of the molecule is COC(=O)c1ccc(C(=N)N)s1. The summed E-state index contributed by atoms with van der Waals surface area (Å²) in [4.78, 5) is 12.0. The summed E-state index contributed by atoms with van der Waals surface area (Å²) < 4.78 is 4.49. The van der Waals surface area contributed by atoms with E-state index in [0.717, 1.165) is 11.3 Å². The molecule has 5 heteroatoms. The zero-order valence-corrected chi connectivity index (χ0v) is 7.27. The molecule has 0 spiro atoms. The lowest BCUT2D eigenvalue weighted by atomic mass is 10.4. The van der Waals surface area contributed by atoms with Crippen LogP contribution in [0.1, 0.15) is 14.5 Å². The van der Waals surface area contributed by atoms with Crippen molar-refractivity contribution in [3.05, 3.63) is 21.9 Å². The van der Waals surface area contributed by atoms with Crippen molar-refractivity contribution in [1.82, 2.24) is 0 Å². The average Bonchev–Trinajstić information content (AvgIpc) is 2.51. The summed E-state index contributed by atoms with van der Waals surface area (Å²) in [5.41, 5.74) is 5.21. The summed E-state index contributed by atoms with van der Waals surface area (Å²) in [6, 6.07) is 3.21. The fraction of sp³-hybridized carbons (Fsp3) is 0.143. The standard InChI is InChI=1S/C7H8N2O2S/c1-11-7(10)5-3-2-4(12-5)6(8)9/h2-3H,1H3,(H3,8,9). The van der Waals surface area contributed by atoms with Crippen LogP contribution < -0.4 is 5.73 Å². The largest absolute Gasteiger partial charge is 0.465 e. The number of nitrogens with two attached hydrogens (primary N) is 1. The Morgan fingerprint density at radius 3 is 2.58 bits per heavy atom. The Balaban J connectivity index is 2.91. The molecular formula is C7H8N2O2S. The third kappa shape index (κ3) is 1.62. The summed E-state index contributed by atoms with van der Waals surface area (Å²) in [6.07, 6.45) is 0. The molecule has 0 aliphatic rings. The van der Waals surface area contributed by atoms with Crippen LogP contribution in [0.3, 0.4) is 0 Å². The molecular weight excluding hydrogens is 176 g/mol. The molecule has 12 heavy (non-hydrogen) atoms. The maximum atomic E-state index is 10.9. The summed E-state index contributed by atoms with van der Waals surface area (Å²) >= 11 is 1.15. The first-order valence-electron chi connectivity index (χ1n) is 3.17. The Morgan fingerprint density at radius 1 is 1.58 bits per heavy atom. The molecule has 1 aromatic heterocycles. The molecule has 0 radical (unpaired) electrons. The number of carbonyl (C=O) groups is 1. The Kier molecular flexibility index (Phi) is 2.44. The lowest BCUT2D eigenvalue weighted by Crippen LogP contribution is -2.08. The summed E-state index contributed by atoms with van der Waals surface area (Å²) in [5.74, 6) is -0.428. The van der Waals surface area contributed by atoms with Crippen LogP contribution in [-0.4, -0.2) is 18.9 Å². The molecule has 0 amide bonds. The van der Waals surface area contributed by atoms with E-state index in [-0.39, 0.29) is 5.84 Å². The molecule has 0 aliphatic heterocycles. The van der Waals surface area contributed by atoms with E-state index in [0.29, 0.717) is 9.75 Å². The zero-order chi connectivity index (χ0) is 9.14. The molecule has 0 saturated carbocycles. The highest BCUT2D eigenvalue weighted by molar-refractivity contribution is 7.15. The minimum absolute atomic E-state index is 0.0323. The lowest BCUT2D eigenvalue weighted by Gasteiger charge is -1.92. The molecule has 4 nitrogen and oxygen atoms in total. The number of hydrogen-bond acceptors (Lipinski definition) is 4. The highest BCUT2D eigenvalue weighted by Gasteiger charge is 2.09. The number of carbonyl (C=O) groups excluding carboxylic acids is 1. The minimum Gasteiger partial charge on any atom is -0.465 e. The van der Waals surface area contributed by atoms with Gasteiger partial charge in [-0.25, -0.2) is 4.79 Å². The van der Waals surface area contributed by atoms with Gasteiger partial charge >= 0.3 is 5.97 Å². The van der Waals surface area contributed by atoms with Crippen LogP contribution in [0.5, 0.6) is 0 Å². The Hall–Kier alpha value is -1.36. The van der Waals surface area contributed by atoms with Crippen molar-refractivity contribution in [3.63, 3.8) is 0 Å². The van der Waals surface area contributed by atoms with Crippen molar-refractivity contribution in [1.29, 1.82) is 5.41 Å². The molecule has 64 valence electrons. The summed E-state index contributed by atoms with van der Waals surface area (Å²) in [5, 5.41) is 7.08. The van der Waals surface area contributed by atoms with E-state index in [2.05, 4.69) is 4.74 Å². The van der Waals surface area contributed by atoms with Crippen molar-refractivity contribution in [2.24, 2.45) is 5.73 Å². The number of nitrogen functional groups attached to an aromatic ring is 1. The average molecular weight is 184 g/mol. The number of thiophene rings is 1. The fourth-order valence-corrected chi connectivity index (χ4v) is 1.48. The van der Waals surface area contributed by atoms with Gasteiger partial charge in [-0.1, -0.05) is 0 Å². The third-order valence-electron chi connectivity index (χ3n) is 1.26. The Bertz CT molecular complexity index is 319. The predicted molar refractivity (Wildman–Crippen MR) is 46.7 cm³/mol. The van der Waals surface area contributed by atoms with Crippen molar-refractivity contribution in [2.75, 3.05) is 7.11 Å².